The molecule has 1 heterocycles. The van der Waals surface area contributed by atoms with Crippen molar-refractivity contribution in [1.29, 1.82) is 0 Å². The van der Waals surface area contributed by atoms with Gasteiger partial charge in [0.1, 0.15) is 5.75 Å². The van der Waals surface area contributed by atoms with E-state index in [1.807, 2.05) is 6.92 Å². The minimum absolute atomic E-state index is 0.00103. The van der Waals surface area contributed by atoms with Crippen LogP contribution in [0.5, 0.6) is 5.75 Å². The van der Waals surface area contributed by atoms with Crippen molar-refractivity contribution in [1.82, 2.24) is 5.32 Å². The van der Waals surface area contributed by atoms with Gasteiger partial charge in [-0.2, -0.15) is 0 Å². The molecule has 2 aliphatic carbocycles. The lowest BCUT2D eigenvalue weighted by Crippen LogP contribution is -2.42. The van der Waals surface area contributed by atoms with Gasteiger partial charge in [0.25, 0.3) is 0 Å². The molecule has 6 heteroatoms. The molecule has 0 bridgehead atoms. The molecule has 2 N–H and O–H groups in total. The number of ether oxygens (including phenoxy) is 1. The number of hydrogen-bond donors (Lipinski definition) is 2. The summed E-state index contributed by atoms with van der Waals surface area (Å²) in [5, 5.41) is 13.1. The number of dihydropyridines is 1. The molecular formula is C26H31NO5. The number of carbonyl (C=O) groups excluding carboxylic acids is 2. The second-order valence-corrected chi connectivity index (χ2v) is 10.7. The largest absolute Gasteiger partial charge is 0.494 e. The fraction of sp³-hybridized carbons (Fsp3) is 0.500. The zero-order chi connectivity index (χ0) is 23.4. The van der Waals surface area contributed by atoms with E-state index in [1.165, 1.54) is 6.07 Å². The first kappa shape index (κ1) is 22.3. The lowest BCUT2D eigenvalue weighted by atomic mass is 9.64. The average Bonchev–Trinajstić information content (AvgIpc) is 2.64. The summed E-state index contributed by atoms with van der Waals surface area (Å²) in [4.78, 5) is 38.6. The molecule has 4 rings (SSSR count). The van der Waals surface area contributed by atoms with Crippen LogP contribution < -0.4 is 10.1 Å². The van der Waals surface area contributed by atoms with Crippen LogP contribution in [0.15, 0.2) is 40.7 Å². The molecule has 0 saturated carbocycles. The van der Waals surface area contributed by atoms with Crippen LogP contribution in [0.1, 0.15) is 82.1 Å². The van der Waals surface area contributed by atoms with E-state index >= 15 is 0 Å². The highest BCUT2D eigenvalue weighted by molar-refractivity contribution is 6.07. The number of ketones is 2. The summed E-state index contributed by atoms with van der Waals surface area (Å²) < 4.78 is 5.86. The maximum absolute atomic E-state index is 13.4. The van der Waals surface area contributed by atoms with E-state index in [0.717, 1.165) is 11.4 Å². The lowest BCUT2D eigenvalue weighted by molar-refractivity contribution is -0.119. The van der Waals surface area contributed by atoms with Gasteiger partial charge in [-0.15, -0.1) is 0 Å². The van der Waals surface area contributed by atoms with E-state index in [0.29, 0.717) is 54.7 Å². The van der Waals surface area contributed by atoms with Crippen molar-refractivity contribution < 1.29 is 24.2 Å². The van der Waals surface area contributed by atoms with Crippen LogP contribution in [0.25, 0.3) is 0 Å². The highest BCUT2D eigenvalue weighted by atomic mass is 16.5. The number of allylic oxidation sites excluding steroid dienone is 4. The highest BCUT2D eigenvalue weighted by Crippen LogP contribution is 2.52. The van der Waals surface area contributed by atoms with E-state index in [9.17, 15) is 19.5 Å². The monoisotopic (exact) mass is 437 g/mol. The van der Waals surface area contributed by atoms with Gasteiger partial charge in [-0.25, -0.2) is 4.79 Å². The third-order valence-electron chi connectivity index (χ3n) is 6.59. The Morgan fingerprint density at radius 2 is 1.53 bits per heavy atom. The van der Waals surface area contributed by atoms with Crippen molar-refractivity contribution in [3.8, 4) is 5.75 Å². The van der Waals surface area contributed by atoms with Crippen molar-refractivity contribution in [2.24, 2.45) is 10.8 Å². The Kier molecular flexibility index (Phi) is 5.30. The lowest BCUT2D eigenvalue weighted by Gasteiger charge is -2.44. The van der Waals surface area contributed by atoms with Crippen LogP contribution in [0.4, 0.5) is 0 Å². The molecule has 1 aliphatic heterocycles. The quantitative estimate of drug-likeness (QED) is 0.706. The molecule has 170 valence electrons. The van der Waals surface area contributed by atoms with E-state index in [1.54, 1.807) is 12.1 Å². The van der Waals surface area contributed by atoms with Crippen LogP contribution in [0, 0.1) is 10.8 Å². The SMILES string of the molecule is CCOc1ccc(C(=O)O)cc1C1C2=C(CC(C)(C)CC2=O)NC2=C1C(=O)CC(C)(C)C2. The molecule has 0 atom stereocenters. The predicted octanol–water partition coefficient (Wildman–Crippen LogP) is 4.76. The van der Waals surface area contributed by atoms with Gasteiger partial charge in [0.15, 0.2) is 11.6 Å². The van der Waals surface area contributed by atoms with Crippen molar-refractivity contribution >= 4 is 17.5 Å². The number of Topliss-reactive ketones (excluding diaryl/α,β-unsaturated/α-hetero) is 2. The van der Waals surface area contributed by atoms with Gasteiger partial charge < -0.3 is 15.2 Å². The third-order valence-corrected chi connectivity index (χ3v) is 6.59. The van der Waals surface area contributed by atoms with Crippen LogP contribution >= 0.6 is 0 Å². The standard InChI is InChI=1S/C26H31NO5/c1-6-32-20-8-7-14(24(30)31)9-15(20)21-22-16(10-25(2,3)12-18(22)28)27-17-11-26(4,5)13-19(29)23(17)21/h7-9,21,27H,6,10-13H2,1-5H3,(H,30,31). The summed E-state index contributed by atoms with van der Waals surface area (Å²) in [7, 11) is 0. The summed E-state index contributed by atoms with van der Waals surface area (Å²) in [6.45, 7) is 10.5. The maximum Gasteiger partial charge on any atom is 0.335 e. The van der Waals surface area contributed by atoms with Crippen LogP contribution in [-0.4, -0.2) is 29.2 Å². The Bertz CT molecular complexity index is 1040. The second-order valence-electron chi connectivity index (χ2n) is 10.7. The Balaban J connectivity index is 1.99. The molecule has 3 aliphatic rings. The first-order valence-corrected chi connectivity index (χ1v) is 11.2. The van der Waals surface area contributed by atoms with E-state index in [2.05, 4.69) is 33.0 Å². The number of rotatable bonds is 4. The Morgan fingerprint density at radius 1 is 1.00 bits per heavy atom. The van der Waals surface area contributed by atoms with Crippen molar-refractivity contribution in [2.75, 3.05) is 6.61 Å². The van der Waals surface area contributed by atoms with E-state index in [-0.39, 0.29) is 28.0 Å². The zero-order valence-electron chi connectivity index (χ0n) is 19.4. The van der Waals surface area contributed by atoms with E-state index in [4.69, 9.17) is 4.74 Å². The number of carboxylic acids is 1. The Morgan fingerprint density at radius 3 is 2.00 bits per heavy atom. The van der Waals surface area contributed by atoms with Gasteiger partial charge in [-0.3, -0.25) is 9.59 Å². The second kappa shape index (κ2) is 7.61. The third kappa shape index (κ3) is 3.87. The molecule has 0 unspecified atom stereocenters. The molecule has 32 heavy (non-hydrogen) atoms. The van der Waals surface area contributed by atoms with Gasteiger partial charge in [0, 0.05) is 46.9 Å². The highest BCUT2D eigenvalue weighted by Gasteiger charge is 2.47. The van der Waals surface area contributed by atoms with Gasteiger partial charge in [0.05, 0.1) is 12.2 Å². The summed E-state index contributed by atoms with van der Waals surface area (Å²) >= 11 is 0. The maximum atomic E-state index is 13.4. The summed E-state index contributed by atoms with van der Waals surface area (Å²) in [6.07, 6.45) is 2.15. The molecule has 1 aromatic rings. The minimum atomic E-state index is -1.06. The molecular weight excluding hydrogens is 406 g/mol. The fourth-order valence-corrected chi connectivity index (χ4v) is 5.39. The van der Waals surface area contributed by atoms with Gasteiger partial charge in [-0.05, 0) is 48.8 Å². The van der Waals surface area contributed by atoms with Gasteiger partial charge >= 0.3 is 5.97 Å². The number of carbonyl (C=O) groups is 3. The molecule has 0 radical (unpaired) electrons. The van der Waals surface area contributed by atoms with Gasteiger partial charge in [-0.1, -0.05) is 27.7 Å². The first-order chi connectivity index (χ1) is 14.9. The summed E-state index contributed by atoms with van der Waals surface area (Å²) in [5.74, 6) is -1.16. The van der Waals surface area contributed by atoms with Crippen LogP contribution in [0.2, 0.25) is 0 Å². The van der Waals surface area contributed by atoms with Crippen molar-refractivity contribution in [3.05, 3.63) is 51.9 Å². The summed E-state index contributed by atoms with van der Waals surface area (Å²) in [5.41, 5.74) is 3.18. The number of nitrogens with one attached hydrogen (secondary N) is 1. The number of benzene rings is 1. The normalized spacial score (nSPS) is 22.3. The summed E-state index contributed by atoms with van der Waals surface area (Å²) in [6, 6.07) is 4.71. The number of aromatic carboxylic acids is 1. The number of carboxylic acid groups (broad SMARTS) is 1. The van der Waals surface area contributed by atoms with E-state index < -0.39 is 11.9 Å². The molecule has 6 nitrogen and oxygen atoms in total. The molecule has 0 spiro atoms. The van der Waals surface area contributed by atoms with Crippen molar-refractivity contribution in [2.45, 2.75) is 66.2 Å². The number of hydrogen-bond acceptors (Lipinski definition) is 5. The Hall–Kier alpha value is -2.89. The van der Waals surface area contributed by atoms with Crippen LogP contribution in [0.3, 0.4) is 0 Å². The minimum Gasteiger partial charge on any atom is -0.494 e. The molecule has 0 saturated heterocycles. The average molecular weight is 438 g/mol. The molecule has 0 aromatic heterocycles. The van der Waals surface area contributed by atoms with Gasteiger partial charge in [0.2, 0.25) is 0 Å². The fourth-order valence-electron chi connectivity index (χ4n) is 5.39. The predicted molar refractivity (Wildman–Crippen MR) is 121 cm³/mol. The first-order valence-electron chi connectivity index (χ1n) is 11.2. The Labute approximate surface area is 188 Å². The van der Waals surface area contributed by atoms with Crippen molar-refractivity contribution in [3.63, 3.8) is 0 Å². The molecule has 0 fully saturated rings. The van der Waals surface area contributed by atoms with Crippen LogP contribution in [-0.2, 0) is 9.59 Å². The smallest absolute Gasteiger partial charge is 0.335 e. The topological polar surface area (TPSA) is 92.7 Å². The zero-order valence-corrected chi connectivity index (χ0v) is 19.4. The molecule has 1 aromatic carbocycles. The molecule has 0 amide bonds.